The predicted molar refractivity (Wildman–Crippen MR) is 132 cm³/mol. The van der Waals surface area contributed by atoms with E-state index in [0.29, 0.717) is 16.6 Å². The van der Waals surface area contributed by atoms with Crippen LogP contribution in [-0.2, 0) is 17.8 Å². The molecule has 2 aromatic heterocycles. The van der Waals surface area contributed by atoms with E-state index in [1.807, 2.05) is 42.6 Å². The summed E-state index contributed by atoms with van der Waals surface area (Å²) in [4.78, 5) is 21.0. The number of amides is 1. The maximum absolute atomic E-state index is 12.6. The minimum atomic E-state index is -0.104. The van der Waals surface area contributed by atoms with Crippen molar-refractivity contribution in [3.05, 3.63) is 64.2 Å². The number of carbonyl (C=O) groups is 1. The molecule has 0 atom stereocenters. The molecule has 1 aliphatic rings. The van der Waals surface area contributed by atoms with E-state index in [1.54, 1.807) is 11.3 Å². The number of hydrogen-bond donors (Lipinski definition) is 1. The number of aromatic nitrogens is 1. The van der Waals surface area contributed by atoms with Crippen LogP contribution in [-0.4, -0.2) is 34.1 Å². The number of benzene rings is 1. The molecular weight excluding hydrogens is 436 g/mol. The van der Waals surface area contributed by atoms with Gasteiger partial charge in [-0.3, -0.25) is 9.69 Å². The lowest BCUT2D eigenvalue weighted by Gasteiger charge is -2.33. The zero-order valence-electron chi connectivity index (χ0n) is 18.5. The first-order chi connectivity index (χ1) is 15.5. The third kappa shape index (κ3) is 4.88. The summed E-state index contributed by atoms with van der Waals surface area (Å²) in [6, 6.07) is 14.6. The number of nitrogens with zero attached hydrogens (tertiary/aromatic N) is 3. The zero-order chi connectivity index (χ0) is 22.7. The molecule has 0 saturated heterocycles. The third-order valence-electron chi connectivity index (χ3n) is 5.60. The van der Waals surface area contributed by atoms with Crippen LogP contribution in [0.5, 0.6) is 0 Å². The van der Waals surface area contributed by atoms with Crippen LogP contribution >= 0.6 is 23.1 Å². The van der Waals surface area contributed by atoms with E-state index >= 15 is 0 Å². The van der Waals surface area contributed by atoms with Gasteiger partial charge in [-0.25, -0.2) is 4.98 Å². The Labute approximate surface area is 197 Å². The first-order valence-electron chi connectivity index (χ1n) is 10.7. The van der Waals surface area contributed by atoms with Gasteiger partial charge in [0.05, 0.1) is 11.3 Å². The van der Waals surface area contributed by atoms with Gasteiger partial charge in [-0.15, -0.1) is 11.3 Å². The lowest BCUT2D eigenvalue weighted by molar-refractivity contribution is -0.113. The van der Waals surface area contributed by atoms with Crippen molar-refractivity contribution >= 4 is 34.7 Å². The Morgan fingerprint density at radius 2 is 2.19 bits per heavy atom. The van der Waals surface area contributed by atoms with Crippen molar-refractivity contribution in [2.45, 2.75) is 44.8 Å². The first kappa shape index (κ1) is 22.5. The van der Waals surface area contributed by atoms with Gasteiger partial charge in [0.15, 0.2) is 0 Å². The maximum Gasteiger partial charge on any atom is 0.234 e. The smallest absolute Gasteiger partial charge is 0.234 e. The molecule has 1 aromatic carbocycles. The number of pyridine rings is 1. The van der Waals surface area contributed by atoms with Crippen molar-refractivity contribution in [1.82, 2.24) is 9.88 Å². The Morgan fingerprint density at radius 3 is 2.88 bits per heavy atom. The van der Waals surface area contributed by atoms with Crippen LogP contribution in [0, 0.1) is 18.3 Å². The lowest BCUT2D eigenvalue weighted by atomic mass is 9.95. The van der Waals surface area contributed by atoms with Gasteiger partial charge in [0.1, 0.15) is 11.1 Å². The molecule has 3 heterocycles. The van der Waals surface area contributed by atoms with Crippen molar-refractivity contribution in [3.63, 3.8) is 0 Å². The van der Waals surface area contributed by atoms with E-state index < -0.39 is 0 Å². The molecule has 0 saturated carbocycles. The van der Waals surface area contributed by atoms with E-state index in [0.717, 1.165) is 52.5 Å². The molecule has 5 nitrogen and oxygen atoms in total. The topological polar surface area (TPSA) is 69.0 Å². The third-order valence-corrected chi connectivity index (χ3v) is 7.46. The molecule has 0 unspecified atom stereocenters. The number of thiophene rings is 1. The number of nitriles is 1. The molecule has 0 spiro atoms. The van der Waals surface area contributed by atoms with Gasteiger partial charge in [0.25, 0.3) is 0 Å². The highest BCUT2D eigenvalue weighted by atomic mass is 32.2. The lowest BCUT2D eigenvalue weighted by Crippen LogP contribution is -2.36. The van der Waals surface area contributed by atoms with Gasteiger partial charge in [0, 0.05) is 47.4 Å². The molecule has 0 fully saturated rings. The summed E-state index contributed by atoms with van der Waals surface area (Å²) >= 11 is 2.98. The summed E-state index contributed by atoms with van der Waals surface area (Å²) in [5, 5.41) is 15.7. The molecule has 0 bridgehead atoms. The highest BCUT2D eigenvalue weighted by molar-refractivity contribution is 8.00. The molecule has 164 valence electrons. The van der Waals surface area contributed by atoms with Crippen molar-refractivity contribution in [3.8, 4) is 16.5 Å². The molecule has 0 radical (unpaired) electrons. The molecule has 3 aromatic rings. The van der Waals surface area contributed by atoms with Crippen LogP contribution in [0.3, 0.4) is 0 Å². The Hall–Kier alpha value is -2.66. The molecular formula is C25H26N4OS2. The van der Waals surface area contributed by atoms with Crippen molar-refractivity contribution in [2.75, 3.05) is 17.6 Å². The van der Waals surface area contributed by atoms with Crippen molar-refractivity contribution in [2.24, 2.45) is 0 Å². The van der Waals surface area contributed by atoms with E-state index in [1.165, 1.54) is 11.8 Å². The van der Waals surface area contributed by atoms with Crippen LogP contribution in [0.1, 0.15) is 36.2 Å². The molecule has 1 amide bonds. The van der Waals surface area contributed by atoms with Crippen molar-refractivity contribution in [1.29, 1.82) is 5.26 Å². The molecule has 1 aliphatic heterocycles. The monoisotopic (exact) mass is 462 g/mol. The molecule has 1 N–H and O–H groups in total. The molecule has 0 aliphatic carbocycles. The summed E-state index contributed by atoms with van der Waals surface area (Å²) in [6.07, 6.45) is 0.848. The van der Waals surface area contributed by atoms with Crippen molar-refractivity contribution < 1.29 is 4.79 Å². The quantitative estimate of drug-likeness (QED) is 0.491. The van der Waals surface area contributed by atoms with E-state index in [9.17, 15) is 10.1 Å². The minimum Gasteiger partial charge on any atom is -0.325 e. The summed E-state index contributed by atoms with van der Waals surface area (Å²) in [5.74, 6) is 0.101. The highest BCUT2D eigenvalue weighted by Crippen LogP contribution is 2.39. The summed E-state index contributed by atoms with van der Waals surface area (Å²) < 4.78 is 0. The fraction of sp³-hybridized carbons (Fsp3) is 0.320. The number of fused-ring (bicyclic) bond motifs is 1. The first-order valence-corrected chi connectivity index (χ1v) is 12.6. The van der Waals surface area contributed by atoms with Gasteiger partial charge in [0.2, 0.25) is 5.91 Å². The number of anilines is 1. The average Bonchev–Trinajstić information content (AvgIpc) is 3.30. The number of rotatable bonds is 6. The Morgan fingerprint density at radius 1 is 1.34 bits per heavy atom. The molecule has 7 heteroatoms. The number of hydrogen-bond acceptors (Lipinski definition) is 6. The Kier molecular flexibility index (Phi) is 6.95. The fourth-order valence-corrected chi connectivity index (χ4v) is 5.56. The fourth-order valence-electron chi connectivity index (χ4n) is 3.95. The second kappa shape index (κ2) is 9.86. The second-order valence-electron chi connectivity index (χ2n) is 8.20. The molecule has 32 heavy (non-hydrogen) atoms. The zero-order valence-corrected chi connectivity index (χ0v) is 20.1. The summed E-state index contributed by atoms with van der Waals surface area (Å²) in [7, 11) is 0. The minimum absolute atomic E-state index is 0.104. The van der Waals surface area contributed by atoms with Gasteiger partial charge in [-0.2, -0.15) is 5.26 Å². The largest absolute Gasteiger partial charge is 0.325 e. The van der Waals surface area contributed by atoms with Crippen LogP contribution in [0.25, 0.3) is 10.4 Å². The van der Waals surface area contributed by atoms with Gasteiger partial charge in [-0.1, -0.05) is 30.0 Å². The molecule has 4 rings (SSSR count). The predicted octanol–water partition coefficient (Wildman–Crippen LogP) is 5.49. The standard InChI is InChI=1S/C25H26N4OS2/c1-16(2)29-10-9-21-20(14-29)24(22-8-5-11-31-22)19(13-26)25(28-21)32-15-23(30)27-18-7-4-6-17(3)12-18/h4-8,11-12,16H,9-10,14-15H2,1-3H3,(H,27,30). The van der Waals surface area contributed by atoms with E-state index in [2.05, 4.69) is 36.2 Å². The van der Waals surface area contributed by atoms with E-state index in [-0.39, 0.29) is 11.7 Å². The van der Waals surface area contributed by atoms with Gasteiger partial charge in [-0.05, 0) is 55.5 Å². The van der Waals surface area contributed by atoms with Crippen LogP contribution < -0.4 is 5.32 Å². The Bertz CT molecular complexity index is 1170. The Balaban J connectivity index is 1.64. The number of thioether (sulfide) groups is 1. The summed E-state index contributed by atoms with van der Waals surface area (Å²) in [6.45, 7) is 8.14. The number of aryl methyl sites for hydroxylation is 1. The SMILES string of the molecule is Cc1cccc(NC(=O)CSc2nc3c(c(-c4cccs4)c2C#N)CN(C(C)C)CC3)c1. The van der Waals surface area contributed by atoms with Crippen LogP contribution in [0.15, 0.2) is 46.8 Å². The second-order valence-corrected chi connectivity index (χ2v) is 10.1. The normalized spacial score (nSPS) is 13.6. The average molecular weight is 463 g/mol. The summed E-state index contributed by atoms with van der Waals surface area (Å²) in [5.41, 5.74) is 5.63. The van der Waals surface area contributed by atoms with E-state index in [4.69, 9.17) is 4.98 Å². The number of carbonyl (C=O) groups excluding carboxylic acids is 1. The maximum atomic E-state index is 12.6. The van der Waals surface area contributed by atoms with Gasteiger partial charge >= 0.3 is 0 Å². The van der Waals surface area contributed by atoms with Gasteiger partial charge < -0.3 is 5.32 Å². The van der Waals surface area contributed by atoms with Crippen LogP contribution in [0.2, 0.25) is 0 Å². The highest BCUT2D eigenvalue weighted by Gasteiger charge is 2.27. The van der Waals surface area contributed by atoms with Crippen LogP contribution in [0.4, 0.5) is 5.69 Å². The number of nitrogens with one attached hydrogen (secondary N) is 1.